The van der Waals surface area contributed by atoms with Gasteiger partial charge in [0.2, 0.25) is 5.88 Å². The number of aromatic amines is 1. The summed E-state index contributed by atoms with van der Waals surface area (Å²) in [7, 11) is -3.10. The summed E-state index contributed by atoms with van der Waals surface area (Å²) in [4.78, 5) is 15.1. The lowest BCUT2D eigenvalue weighted by Crippen LogP contribution is -2.22. The van der Waals surface area contributed by atoms with E-state index in [2.05, 4.69) is 24.7 Å². The topological polar surface area (TPSA) is 115 Å². The normalized spacial score (nSPS) is 15.6. The van der Waals surface area contributed by atoms with Crippen molar-refractivity contribution >= 4 is 27.3 Å². The fourth-order valence-corrected chi connectivity index (χ4v) is 5.70. The lowest BCUT2D eigenvalue weighted by atomic mass is 9.89. The van der Waals surface area contributed by atoms with Crippen LogP contribution in [0, 0.1) is 11.6 Å². The van der Waals surface area contributed by atoms with Gasteiger partial charge in [-0.15, -0.1) is 0 Å². The Kier molecular flexibility index (Phi) is 5.93. The van der Waals surface area contributed by atoms with Crippen LogP contribution in [-0.2, 0) is 23.0 Å². The molecule has 2 N–H and O–H groups in total. The Morgan fingerprint density at radius 1 is 1.26 bits per heavy atom. The predicted octanol–water partition coefficient (Wildman–Crippen LogP) is 4.14. The summed E-state index contributed by atoms with van der Waals surface area (Å²) < 4.78 is 65.3. The van der Waals surface area contributed by atoms with E-state index in [4.69, 9.17) is 16.3 Å². The SMILES string of the molecule is COc1ncc(Cl)cc1S(=O)(=O)Nc1ccc(F)c(C2CCc3c(-c4ncc[nH]4)ncn3C2)c1F. The highest BCUT2D eigenvalue weighted by Gasteiger charge is 2.30. The average molecular weight is 521 g/mol. The third-order valence-electron chi connectivity index (χ3n) is 5.86. The van der Waals surface area contributed by atoms with Gasteiger partial charge in [-0.25, -0.2) is 32.2 Å². The molecular formula is C22H19ClF2N6O3S. The number of anilines is 1. The number of rotatable bonds is 6. The number of pyridine rings is 1. The Hall–Kier alpha value is -3.51. The van der Waals surface area contributed by atoms with Gasteiger partial charge in [-0.2, -0.15) is 0 Å². The zero-order valence-electron chi connectivity index (χ0n) is 18.3. The Labute approximate surface area is 204 Å². The number of benzene rings is 1. The number of halogens is 3. The second-order valence-corrected chi connectivity index (χ2v) is 10.0. The van der Waals surface area contributed by atoms with Gasteiger partial charge in [-0.1, -0.05) is 11.6 Å². The summed E-state index contributed by atoms with van der Waals surface area (Å²) in [5.74, 6) is -1.86. The number of ether oxygens (including phenoxy) is 1. The Morgan fingerprint density at radius 2 is 2.09 bits per heavy atom. The molecule has 0 bridgehead atoms. The number of hydrogen-bond acceptors (Lipinski definition) is 6. The van der Waals surface area contributed by atoms with Gasteiger partial charge < -0.3 is 14.3 Å². The molecule has 5 rings (SSSR count). The van der Waals surface area contributed by atoms with E-state index >= 15 is 4.39 Å². The van der Waals surface area contributed by atoms with Crippen molar-refractivity contribution in [1.82, 2.24) is 24.5 Å². The molecule has 3 aromatic heterocycles. The van der Waals surface area contributed by atoms with Gasteiger partial charge in [0.1, 0.15) is 11.5 Å². The average Bonchev–Trinajstić information content (AvgIpc) is 3.50. The summed E-state index contributed by atoms with van der Waals surface area (Å²) in [5.41, 5.74) is 1.02. The van der Waals surface area contributed by atoms with Crippen LogP contribution in [0.4, 0.5) is 14.5 Å². The zero-order valence-corrected chi connectivity index (χ0v) is 19.9. The number of nitrogens with one attached hydrogen (secondary N) is 2. The van der Waals surface area contributed by atoms with E-state index in [-0.39, 0.29) is 27.9 Å². The molecule has 0 radical (unpaired) electrons. The first-order valence-corrected chi connectivity index (χ1v) is 12.4. The molecule has 1 aliphatic heterocycles. The maximum atomic E-state index is 15.6. The van der Waals surface area contributed by atoms with Crippen LogP contribution in [0.2, 0.25) is 5.02 Å². The number of fused-ring (bicyclic) bond motifs is 1. The van der Waals surface area contributed by atoms with Crippen LogP contribution in [-0.4, -0.2) is 40.0 Å². The van der Waals surface area contributed by atoms with Crippen LogP contribution in [0.25, 0.3) is 11.5 Å². The standard InChI is InChI=1S/C22H19ClF2N6O3S/c1-34-22-17(8-13(23)9-28-22)35(32,33)30-15-4-3-14(24)18(19(15)25)12-2-5-16-20(21-26-6-7-27-21)29-11-31(16)10-12/h3-4,6-9,11-12,30H,2,5,10H2,1H3,(H,26,27). The van der Waals surface area contributed by atoms with Crippen LogP contribution in [0.5, 0.6) is 5.88 Å². The van der Waals surface area contributed by atoms with Crippen molar-refractivity contribution in [3.63, 3.8) is 0 Å². The highest BCUT2D eigenvalue weighted by Crippen LogP contribution is 2.37. The lowest BCUT2D eigenvalue weighted by Gasteiger charge is -2.26. The van der Waals surface area contributed by atoms with E-state index in [1.807, 2.05) is 4.57 Å². The summed E-state index contributed by atoms with van der Waals surface area (Å²) in [6, 6.07) is 3.22. The quantitative estimate of drug-likeness (QED) is 0.395. The number of nitrogens with zero attached hydrogens (tertiary/aromatic N) is 4. The summed E-state index contributed by atoms with van der Waals surface area (Å²) in [6.45, 7) is 0.277. The minimum Gasteiger partial charge on any atom is -0.480 e. The molecule has 13 heteroatoms. The van der Waals surface area contributed by atoms with Crippen molar-refractivity contribution in [2.75, 3.05) is 11.8 Å². The van der Waals surface area contributed by atoms with Crippen molar-refractivity contribution in [3.8, 4) is 17.4 Å². The Bertz CT molecular complexity index is 1510. The van der Waals surface area contributed by atoms with E-state index in [0.29, 0.717) is 24.4 Å². The van der Waals surface area contributed by atoms with Gasteiger partial charge in [0.15, 0.2) is 16.5 Å². The minimum atomic E-state index is -4.34. The smallest absolute Gasteiger partial charge is 0.267 e. The first kappa shape index (κ1) is 23.2. The molecule has 0 aliphatic carbocycles. The van der Waals surface area contributed by atoms with Gasteiger partial charge >= 0.3 is 0 Å². The molecule has 9 nitrogen and oxygen atoms in total. The molecule has 1 aromatic carbocycles. The third-order valence-corrected chi connectivity index (χ3v) is 7.43. The summed E-state index contributed by atoms with van der Waals surface area (Å²) in [5, 5.41) is 0.0544. The number of H-pyrrole nitrogens is 1. The van der Waals surface area contributed by atoms with E-state index in [9.17, 15) is 12.8 Å². The summed E-state index contributed by atoms with van der Waals surface area (Å²) >= 11 is 5.89. The van der Waals surface area contributed by atoms with Gasteiger partial charge in [0.25, 0.3) is 10.0 Å². The molecule has 0 spiro atoms. The molecule has 182 valence electrons. The van der Waals surface area contributed by atoms with Crippen molar-refractivity contribution in [1.29, 1.82) is 0 Å². The van der Waals surface area contributed by atoms with Crippen LogP contribution < -0.4 is 9.46 Å². The molecule has 1 unspecified atom stereocenters. The lowest BCUT2D eigenvalue weighted by molar-refractivity contribution is 0.385. The number of imidazole rings is 2. The van der Waals surface area contributed by atoms with Crippen molar-refractivity contribution in [2.45, 2.75) is 30.2 Å². The molecule has 1 aliphatic rings. The van der Waals surface area contributed by atoms with Gasteiger partial charge in [0.05, 0.1) is 24.1 Å². The zero-order chi connectivity index (χ0) is 24.7. The van der Waals surface area contributed by atoms with Crippen molar-refractivity contribution in [3.05, 3.63) is 71.0 Å². The van der Waals surface area contributed by atoms with Crippen LogP contribution in [0.3, 0.4) is 0 Å². The maximum Gasteiger partial charge on any atom is 0.267 e. The molecule has 0 amide bonds. The molecule has 4 heterocycles. The van der Waals surface area contributed by atoms with Crippen molar-refractivity contribution < 1.29 is 21.9 Å². The second kappa shape index (κ2) is 8.93. The first-order chi connectivity index (χ1) is 16.8. The second-order valence-electron chi connectivity index (χ2n) is 7.95. The minimum absolute atomic E-state index is 0.0544. The van der Waals surface area contributed by atoms with E-state index in [0.717, 1.165) is 23.9 Å². The number of methoxy groups -OCH3 is 1. The Morgan fingerprint density at radius 3 is 2.83 bits per heavy atom. The molecule has 35 heavy (non-hydrogen) atoms. The predicted molar refractivity (Wildman–Crippen MR) is 124 cm³/mol. The van der Waals surface area contributed by atoms with E-state index in [1.54, 1.807) is 18.7 Å². The Balaban J connectivity index is 1.46. The molecule has 0 fully saturated rings. The number of hydrogen-bond donors (Lipinski definition) is 2. The van der Waals surface area contributed by atoms with Gasteiger partial charge in [0, 0.05) is 42.3 Å². The molecule has 4 aromatic rings. The van der Waals surface area contributed by atoms with Gasteiger partial charge in [-0.3, -0.25) is 4.72 Å². The van der Waals surface area contributed by atoms with Crippen LogP contribution in [0.15, 0.2) is 48.0 Å². The van der Waals surface area contributed by atoms with Crippen LogP contribution in [0.1, 0.15) is 23.6 Å². The molecule has 1 atom stereocenters. The fourth-order valence-electron chi connectivity index (χ4n) is 4.27. The first-order valence-electron chi connectivity index (χ1n) is 10.5. The van der Waals surface area contributed by atoms with E-state index in [1.165, 1.54) is 13.3 Å². The highest BCUT2D eigenvalue weighted by atomic mass is 35.5. The fraction of sp³-hybridized carbons (Fsp3) is 0.227. The van der Waals surface area contributed by atoms with Crippen molar-refractivity contribution in [2.24, 2.45) is 0 Å². The number of sulfonamides is 1. The largest absolute Gasteiger partial charge is 0.480 e. The van der Waals surface area contributed by atoms with E-state index < -0.39 is 33.3 Å². The molecule has 0 saturated carbocycles. The number of aromatic nitrogens is 5. The molecular weight excluding hydrogens is 502 g/mol. The third kappa shape index (κ3) is 4.23. The highest BCUT2D eigenvalue weighted by molar-refractivity contribution is 7.92. The maximum absolute atomic E-state index is 15.6. The van der Waals surface area contributed by atoms with Crippen LogP contribution >= 0.6 is 11.6 Å². The monoisotopic (exact) mass is 520 g/mol. The van der Waals surface area contributed by atoms with Gasteiger partial charge in [-0.05, 0) is 31.0 Å². The molecule has 0 saturated heterocycles. The summed E-state index contributed by atoms with van der Waals surface area (Å²) in [6.07, 6.45) is 7.11.